The van der Waals surface area contributed by atoms with Gasteiger partial charge in [-0.1, -0.05) is 13.8 Å². The smallest absolute Gasteiger partial charge is 0.122 e. The summed E-state index contributed by atoms with van der Waals surface area (Å²) < 4.78 is 2.10. The summed E-state index contributed by atoms with van der Waals surface area (Å²) in [7, 11) is 4.25. The predicted octanol–water partition coefficient (Wildman–Crippen LogP) is 1.58. The number of aromatic nitrogens is 2. The summed E-state index contributed by atoms with van der Waals surface area (Å²) in [6.45, 7) is 10.7. The lowest BCUT2D eigenvalue weighted by atomic mass is 10.2. The Hall–Kier alpha value is -0.870. The van der Waals surface area contributed by atoms with Gasteiger partial charge in [0.05, 0.1) is 6.54 Å². The minimum atomic E-state index is 0.625. The summed E-state index contributed by atoms with van der Waals surface area (Å²) in [5.41, 5.74) is 0. The third-order valence-corrected chi connectivity index (χ3v) is 3.23. The molecule has 1 aliphatic rings. The maximum absolute atomic E-state index is 4.37. The molecule has 1 saturated heterocycles. The van der Waals surface area contributed by atoms with Gasteiger partial charge >= 0.3 is 0 Å². The first-order chi connectivity index (χ1) is 8.16. The highest BCUT2D eigenvalue weighted by Gasteiger charge is 2.22. The Labute approximate surface area is 105 Å². The predicted molar refractivity (Wildman–Crippen MR) is 71.9 cm³/mol. The summed E-state index contributed by atoms with van der Waals surface area (Å²) in [6, 6.07) is 0.625. The van der Waals surface area contributed by atoms with Crippen LogP contribution in [0.1, 0.15) is 26.6 Å². The van der Waals surface area contributed by atoms with Gasteiger partial charge in [-0.25, -0.2) is 4.98 Å². The van der Waals surface area contributed by atoms with E-state index in [1.807, 2.05) is 26.2 Å². The number of likely N-dealkylation sites (N-methyl/N-ethyl adjacent to an activating group) is 1. The molecule has 1 aliphatic heterocycles. The van der Waals surface area contributed by atoms with E-state index in [9.17, 15) is 0 Å². The minimum absolute atomic E-state index is 0.625. The minimum Gasteiger partial charge on any atom is -0.337 e. The summed E-state index contributed by atoms with van der Waals surface area (Å²) in [6.07, 6.45) is 3.88. The molecule has 0 aromatic carbocycles. The Bertz CT molecular complexity index is 321. The zero-order valence-corrected chi connectivity index (χ0v) is 11.8. The van der Waals surface area contributed by atoms with E-state index in [-0.39, 0.29) is 0 Å². The zero-order valence-electron chi connectivity index (χ0n) is 11.8. The zero-order chi connectivity index (χ0) is 12.8. The van der Waals surface area contributed by atoms with Crippen LogP contribution in [-0.2, 0) is 13.6 Å². The van der Waals surface area contributed by atoms with Gasteiger partial charge in [-0.15, -0.1) is 0 Å². The van der Waals surface area contributed by atoms with E-state index in [4.69, 9.17) is 0 Å². The number of aryl methyl sites for hydroxylation is 1. The fraction of sp³-hybridized carbons (Fsp3) is 0.769. The summed E-state index contributed by atoms with van der Waals surface area (Å²) >= 11 is 0. The molecule has 0 bridgehead atoms. The van der Waals surface area contributed by atoms with Gasteiger partial charge in [-0.3, -0.25) is 4.90 Å². The van der Waals surface area contributed by atoms with E-state index in [0.717, 1.165) is 32.0 Å². The summed E-state index contributed by atoms with van der Waals surface area (Å²) in [4.78, 5) is 9.26. The molecule has 2 rings (SSSR count). The maximum Gasteiger partial charge on any atom is 0.122 e. The van der Waals surface area contributed by atoms with Gasteiger partial charge in [-0.05, 0) is 14.0 Å². The van der Waals surface area contributed by atoms with Gasteiger partial charge in [-0.2, -0.15) is 0 Å². The van der Waals surface area contributed by atoms with Gasteiger partial charge in [0.2, 0.25) is 0 Å². The molecule has 17 heavy (non-hydrogen) atoms. The van der Waals surface area contributed by atoms with Crippen molar-refractivity contribution in [2.24, 2.45) is 7.05 Å². The van der Waals surface area contributed by atoms with Crippen molar-refractivity contribution in [1.29, 1.82) is 0 Å². The molecule has 0 N–H and O–H groups in total. The monoisotopic (exact) mass is 238 g/mol. The largest absolute Gasteiger partial charge is 0.337 e. The quantitative estimate of drug-likeness (QED) is 0.782. The van der Waals surface area contributed by atoms with Gasteiger partial charge in [0.1, 0.15) is 5.82 Å². The van der Waals surface area contributed by atoms with Gasteiger partial charge in [0.25, 0.3) is 0 Å². The van der Waals surface area contributed by atoms with Crippen LogP contribution in [0.4, 0.5) is 0 Å². The lowest BCUT2D eigenvalue weighted by Crippen LogP contribution is -2.50. The van der Waals surface area contributed by atoms with Gasteiger partial charge in [0.15, 0.2) is 0 Å². The Morgan fingerprint density at radius 1 is 1.29 bits per heavy atom. The molecular formula is C13H26N4. The molecule has 98 valence electrons. The third kappa shape index (κ3) is 3.82. The van der Waals surface area contributed by atoms with Crippen LogP contribution in [0.25, 0.3) is 0 Å². The van der Waals surface area contributed by atoms with E-state index in [0.29, 0.717) is 6.04 Å². The van der Waals surface area contributed by atoms with E-state index in [2.05, 4.69) is 40.4 Å². The molecule has 0 spiro atoms. The molecule has 4 heteroatoms. The number of rotatable bonds is 2. The first kappa shape index (κ1) is 14.2. The van der Waals surface area contributed by atoms with Crippen LogP contribution in [-0.4, -0.2) is 52.1 Å². The highest BCUT2D eigenvalue weighted by atomic mass is 15.3. The Balaban J connectivity index is 0.000000686. The fourth-order valence-electron chi connectivity index (χ4n) is 2.14. The van der Waals surface area contributed by atoms with Crippen LogP contribution in [0, 0.1) is 0 Å². The second-order valence-electron chi connectivity index (χ2n) is 4.54. The van der Waals surface area contributed by atoms with Crippen LogP contribution in [0.2, 0.25) is 0 Å². The van der Waals surface area contributed by atoms with Crippen molar-refractivity contribution in [1.82, 2.24) is 19.4 Å². The summed E-state index contributed by atoms with van der Waals surface area (Å²) in [5.74, 6) is 1.16. The average Bonchev–Trinajstić information content (AvgIpc) is 2.71. The van der Waals surface area contributed by atoms with Crippen molar-refractivity contribution < 1.29 is 0 Å². The molecule has 0 saturated carbocycles. The average molecular weight is 238 g/mol. The molecule has 1 aromatic heterocycles. The molecule has 2 heterocycles. The second kappa shape index (κ2) is 6.77. The Kier molecular flexibility index (Phi) is 5.65. The van der Waals surface area contributed by atoms with Crippen LogP contribution in [0.5, 0.6) is 0 Å². The molecule has 1 unspecified atom stereocenters. The molecular weight excluding hydrogens is 212 g/mol. The van der Waals surface area contributed by atoms with Crippen molar-refractivity contribution >= 4 is 0 Å². The Morgan fingerprint density at radius 2 is 2.00 bits per heavy atom. The lowest BCUT2D eigenvalue weighted by Gasteiger charge is -2.37. The van der Waals surface area contributed by atoms with E-state index >= 15 is 0 Å². The fourth-order valence-corrected chi connectivity index (χ4v) is 2.14. The van der Waals surface area contributed by atoms with Crippen LogP contribution in [0.15, 0.2) is 12.4 Å². The van der Waals surface area contributed by atoms with Crippen molar-refractivity contribution in [2.75, 3.05) is 26.7 Å². The number of hydrogen-bond acceptors (Lipinski definition) is 3. The van der Waals surface area contributed by atoms with Gasteiger partial charge < -0.3 is 9.47 Å². The van der Waals surface area contributed by atoms with Crippen LogP contribution >= 0.6 is 0 Å². The number of hydrogen-bond donors (Lipinski definition) is 0. The van der Waals surface area contributed by atoms with Crippen molar-refractivity contribution in [3.05, 3.63) is 18.2 Å². The molecule has 0 amide bonds. The standard InChI is InChI=1S/C11H20N4.C2H6/c1-10-8-13(2)6-7-15(10)9-11-12-4-5-14(11)3;1-2/h4-5,10H,6-9H2,1-3H3;1-2H3. The topological polar surface area (TPSA) is 24.3 Å². The van der Waals surface area contributed by atoms with Crippen LogP contribution < -0.4 is 0 Å². The van der Waals surface area contributed by atoms with Crippen molar-refractivity contribution in [3.8, 4) is 0 Å². The second-order valence-corrected chi connectivity index (χ2v) is 4.54. The molecule has 0 aliphatic carbocycles. The number of piperazine rings is 1. The SMILES string of the molecule is CC.CC1CN(C)CCN1Cc1nccn1C. The highest BCUT2D eigenvalue weighted by molar-refractivity contribution is 4.92. The number of nitrogens with zero attached hydrogens (tertiary/aromatic N) is 4. The molecule has 0 radical (unpaired) electrons. The highest BCUT2D eigenvalue weighted by Crippen LogP contribution is 2.11. The first-order valence-corrected chi connectivity index (χ1v) is 6.55. The third-order valence-electron chi connectivity index (χ3n) is 3.23. The van der Waals surface area contributed by atoms with Crippen molar-refractivity contribution in [3.63, 3.8) is 0 Å². The van der Waals surface area contributed by atoms with Crippen LogP contribution in [0.3, 0.4) is 0 Å². The molecule has 1 atom stereocenters. The molecule has 1 fully saturated rings. The van der Waals surface area contributed by atoms with Gasteiger partial charge in [0, 0.05) is 45.1 Å². The first-order valence-electron chi connectivity index (χ1n) is 6.55. The van der Waals surface area contributed by atoms with E-state index < -0.39 is 0 Å². The normalized spacial score (nSPS) is 22.1. The van der Waals surface area contributed by atoms with E-state index in [1.165, 1.54) is 0 Å². The molecule has 1 aromatic rings. The lowest BCUT2D eigenvalue weighted by molar-refractivity contribution is 0.0907. The molecule has 4 nitrogen and oxygen atoms in total. The van der Waals surface area contributed by atoms with Crippen molar-refractivity contribution in [2.45, 2.75) is 33.4 Å². The Morgan fingerprint density at radius 3 is 2.53 bits per heavy atom. The summed E-state index contributed by atoms with van der Waals surface area (Å²) in [5, 5.41) is 0. The maximum atomic E-state index is 4.37. The number of imidazole rings is 1. The van der Waals surface area contributed by atoms with E-state index in [1.54, 1.807) is 0 Å².